The molecule has 0 aliphatic heterocycles. The average molecular weight is 965 g/mol. The fraction of sp³-hybridized carbons (Fsp3) is 0. The summed E-state index contributed by atoms with van der Waals surface area (Å²) in [6.45, 7) is -9.95. The van der Waals surface area contributed by atoms with Gasteiger partial charge >= 0.3 is 152 Å². The minimum atomic E-state index is -13.9. The molecule has 0 saturated heterocycles. The van der Waals surface area contributed by atoms with Gasteiger partial charge in [0.25, 0.3) is 0 Å². The van der Waals surface area contributed by atoms with Crippen LogP contribution in [0.5, 0.6) is 0 Å². The second-order valence-corrected chi connectivity index (χ2v) is 27.3. The Balaban J connectivity index is 7.39. The van der Waals surface area contributed by atoms with Crippen molar-refractivity contribution in [1.82, 2.24) is 0 Å². The van der Waals surface area contributed by atoms with Crippen molar-refractivity contribution in [2.45, 2.75) is 0 Å². The van der Waals surface area contributed by atoms with Crippen LogP contribution < -0.4 is 0 Å². The Morgan fingerprint density at radius 1 is 0.276 bits per heavy atom. The van der Waals surface area contributed by atoms with E-state index in [4.69, 9.17) is 0 Å². The van der Waals surface area contributed by atoms with E-state index < -0.39 is 81.7 Å². The van der Waals surface area contributed by atoms with Gasteiger partial charge in [0, 0.05) is 0 Å². The molecule has 0 fully saturated rings. The molecule has 0 aromatic carbocycles. The summed E-state index contributed by atoms with van der Waals surface area (Å²) in [4.78, 5) is 0. The van der Waals surface area contributed by atoms with Crippen molar-refractivity contribution in [3.8, 4) is 0 Å². The van der Waals surface area contributed by atoms with Gasteiger partial charge in [-0.25, -0.2) is 0 Å². The van der Waals surface area contributed by atoms with Gasteiger partial charge in [-0.3, -0.25) is 0 Å². The van der Waals surface area contributed by atoms with E-state index in [0.717, 1.165) is 0 Å². The van der Waals surface area contributed by atoms with Crippen LogP contribution in [-0.4, -0.2) is 81.7 Å². The van der Waals surface area contributed by atoms with Crippen molar-refractivity contribution in [1.29, 1.82) is 0 Å². The first-order valence-corrected chi connectivity index (χ1v) is 26.1. The molecule has 0 spiro atoms. The van der Waals surface area contributed by atoms with Crippen LogP contribution in [-0.2, 0) is 12.1 Å². The van der Waals surface area contributed by atoms with E-state index >= 15 is 0 Å². The predicted molar refractivity (Wildman–Crippen MR) is 55.3 cm³/mol. The van der Waals surface area contributed by atoms with Crippen LogP contribution in [0.1, 0.15) is 0 Å². The molecule has 0 aromatic rings. The molecule has 29 heavy (non-hydrogen) atoms. The van der Waals surface area contributed by atoms with Crippen molar-refractivity contribution < 1.29 is 69.9 Å². The van der Waals surface area contributed by atoms with Gasteiger partial charge < -0.3 is 0 Å². The van der Waals surface area contributed by atoms with E-state index in [1.165, 1.54) is 0 Å². The summed E-state index contributed by atoms with van der Waals surface area (Å²) in [6.07, 6.45) is 0. The van der Waals surface area contributed by atoms with E-state index in [1.54, 1.807) is 0 Å². The Labute approximate surface area is 150 Å². The molecule has 4 nitrogen and oxygen atoms in total. The predicted octanol–water partition coefficient (Wildman–Crippen LogP) is 6.23. The summed E-state index contributed by atoms with van der Waals surface area (Å²) in [5.41, 5.74) is 0. The maximum atomic E-state index is 12.0. The molecular formula is BF20O4Te4-. The number of hydrogen-bond acceptors (Lipinski definition) is 4. The zero-order valence-corrected chi connectivity index (χ0v) is 20.7. The zero-order chi connectivity index (χ0) is 25.0. The van der Waals surface area contributed by atoms with Gasteiger partial charge in [-0.15, -0.1) is 0 Å². The third-order valence-electron chi connectivity index (χ3n) is 1.20. The zero-order valence-electron chi connectivity index (χ0n) is 11.4. The van der Waals surface area contributed by atoms with Gasteiger partial charge in [-0.05, 0) is 0 Å². The van der Waals surface area contributed by atoms with E-state index in [0.29, 0.717) is 12.1 Å². The maximum absolute atomic E-state index is 13.9. The molecule has 0 amide bonds. The van der Waals surface area contributed by atoms with E-state index in [9.17, 15) is 57.8 Å². The third-order valence-corrected chi connectivity index (χ3v) is 8.04. The van der Waals surface area contributed by atoms with Crippen molar-refractivity contribution in [2.24, 2.45) is 0 Å². The Kier molecular flexibility index (Phi) is 5.02. The Bertz CT molecular complexity index is 574. The molecule has 0 bridgehead atoms. The van der Waals surface area contributed by atoms with Gasteiger partial charge in [0.05, 0.1) is 0 Å². The van der Waals surface area contributed by atoms with Gasteiger partial charge in [0.2, 0.25) is 0 Å². The molecule has 0 aliphatic rings. The van der Waals surface area contributed by atoms with Gasteiger partial charge in [0.1, 0.15) is 0 Å². The van der Waals surface area contributed by atoms with Crippen LogP contribution in [0, 0.1) is 0 Å². The number of halogens is 20. The molecule has 0 atom stereocenters. The summed E-state index contributed by atoms with van der Waals surface area (Å²) in [5.74, 6) is 0. The van der Waals surface area contributed by atoms with Gasteiger partial charge in [-0.2, -0.15) is 0 Å². The fourth-order valence-electron chi connectivity index (χ4n) is 0.987. The van der Waals surface area contributed by atoms with Crippen molar-refractivity contribution in [3.05, 3.63) is 0 Å². The normalized spacial score (nSPS) is 26.9. The Morgan fingerprint density at radius 3 is 0.448 bits per heavy atom. The molecule has 29 heteroatoms. The Hall–Kier alpha value is 1.66. The average Bonchev–Trinajstić information content (AvgIpc) is 1.65. The van der Waals surface area contributed by atoms with Crippen LogP contribution in [0.3, 0.4) is 0 Å². The van der Waals surface area contributed by atoms with Crippen molar-refractivity contribution in [3.63, 3.8) is 0 Å². The molecule has 0 radical (unpaired) electrons. The Morgan fingerprint density at radius 2 is 0.379 bits per heavy atom. The minimum absolute atomic E-state index is 0.313. The first-order chi connectivity index (χ1) is 10.7. The van der Waals surface area contributed by atoms with Crippen molar-refractivity contribution in [2.75, 3.05) is 0 Å². The molecule has 0 aliphatic carbocycles. The van der Waals surface area contributed by atoms with E-state index in [1.807, 2.05) is 0 Å². The topological polar surface area (TPSA) is 36.9 Å². The summed E-state index contributed by atoms with van der Waals surface area (Å²) in [5, 5.41) is 0. The summed E-state index contributed by atoms with van der Waals surface area (Å²) in [6, 6.07) is 0. The molecule has 0 N–H and O–H groups in total. The molecule has 0 saturated carbocycles. The molecule has 192 valence electrons. The summed E-state index contributed by atoms with van der Waals surface area (Å²) in [7, 11) is 0. The van der Waals surface area contributed by atoms with Gasteiger partial charge in [-0.1, -0.05) is 0 Å². The third kappa shape index (κ3) is 20.0. The number of rotatable bonds is 8. The summed E-state index contributed by atoms with van der Waals surface area (Å²) >= 11 is -55.7. The van der Waals surface area contributed by atoms with E-state index in [2.05, 4.69) is 0 Å². The second-order valence-electron chi connectivity index (χ2n) is 4.55. The molecule has 0 heterocycles. The quantitative estimate of drug-likeness (QED) is 0.214. The van der Waals surface area contributed by atoms with Crippen molar-refractivity contribution >= 4 is 81.7 Å². The molecule has 0 unspecified atom stereocenters. The van der Waals surface area contributed by atoms with Gasteiger partial charge in [0.15, 0.2) is 0 Å². The monoisotopic (exact) mass is 975 g/mol. The molecular weight excluding hydrogens is 965 g/mol. The fourth-order valence-corrected chi connectivity index (χ4v) is 10.3. The van der Waals surface area contributed by atoms with Crippen LogP contribution in [0.15, 0.2) is 0 Å². The van der Waals surface area contributed by atoms with Crippen LogP contribution in [0.2, 0.25) is 0 Å². The first kappa shape index (κ1) is 30.7. The van der Waals surface area contributed by atoms with E-state index in [-0.39, 0.29) is 0 Å². The first-order valence-electron chi connectivity index (χ1n) is 4.70. The van der Waals surface area contributed by atoms with Crippen LogP contribution >= 0.6 is 0 Å². The molecule has 0 rings (SSSR count). The molecule has 0 aromatic heterocycles. The SMILES string of the molecule is F[Te](F)(F)(F)(F)O[B-](O[Te](F)(F)(F)(F)F)(O[Te](F)(F)(F)(F)F)O[Te](F)(F)(F)(F)F. The standard InChI is InChI=1S/BF20O4Te4/c2-26(3,4,5,6)22-1(23-27(7,8,9,10)11,24-28(12,13,14,15)16)25-29(17,18,19,20)21/q-1. The summed E-state index contributed by atoms with van der Waals surface area (Å²) < 4.78 is 242. The van der Waals surface area contributed by atoms with Crippen LogP contribution in [0.4, 0.5) is 57.8 Å². The van der Waals surface area contributed by atoms with Crippen LogP contribution in [0.25, 0.3) is 0 Å². The number of hydrogen-bond donors (Lipinski definition) is 0. The second kappa shape index (κ2) is 4.75.